The molecule has 5 heteroatoms. The molecule has 0 N–H and O–H groups in total. The summed E-state index contributed by atoms with van der Waals surface area (Å²) in [5.41, 5.74) is 2.60. The van der Waals surface area contributed by atoms with E-state index in [2.05, 4.69) is 26.0 Å². The molecule has 1 fully saturated rings. The fourth-order valence-electron chi connectivity index (χ4n) is 3.42. The van der Waals surface area contributed by atoms with Crippen LogP contribution >= 0.6 is 0 Å². The zero-order valence-corrected chi connectivity index (χ0v) is 16.3. The van der Waals surface area contributed by atoms with Crippen LogP contribution in [-0.4, -0.2) is 43.0 Å². The van der Waals surface area contributed by atoms with Crippen LogP contribution in [0.25, 0.3) is 0 Å². The summed E-state index contributed by atoms with van der Waals surface area (Å²) in [6, 6.07) is 14.7. The predicted molar refractivity (Wildman–Crippen MR) is 106 cm³/mol. The molecular formula is C22H26N2O3. The van der Waals surface area contributed by atoms with E-state index in [0.29, 0.717) is 30.3 Å². The molecule has 1 aliphatic heterocycles. The van der Waals surface area contributed by atoms with Crippen LogP contribution in [0.15, 0.2) is 48.5 Å². The van der Waals surface area contributed by atoms with Gasteiger partial charge >= 0.3 is 0 Å². The maximum absolute atomic E-state index is 13.0. The first-order valence-corrected chi connectivity index (χ1v) is 9.29. The Labute approximate surface area is 160 Å². The molecule has 1 saturated heterocycles. The molecule has 0 radical (unpaired) electrons. The number of ether oxygens (including phenoxy) is 1. The minimum Gasteiger partial charge on any atom is -0.496 e. The summed E-state index contributed by atoms with van der Waals surface area (Å²) in [5.74, 6) is 0.725. The zero-order valence-electron chi connectivity index (χ0n) is 16.3. The fourth-order valence-corrected chi connectivity index (χ4v) is 3.42. The fraction of sp³-hybridized carbons (Fsp3) is 0.364. The lowest BCUT2D eigenvalue weighted by molar-refractivity contribution is -0.124. The Morgan fingerprint density at radius 2 is 1.74 bits per heavy atom. The molecule has 0 spiro atoms. The number of rotatable bonds is 4. The number of hydrogen-bond acceptors (Lipinski definition) is 3. The smallest absolute Gasteiger partial charge is 0.258 e. The summed E-state index contributed by atoms with van der Waals surface area (Å²) in [6.07, 6.45) is 0. The van der Waals surface area contributed by atoms with Gasteiger partial charge < -0.3 is 14.5 Å². The summed E-state index contributed by atoms with van der Waals surface area (Å²) < 4.78 is 5.30. The Kier molecular flexibility index (Phi) is 5.49. The minimum absolute atomic E-state index is 0.0678. The molecule has 27 heavy (non-hydrogen) atoms. The molecule has 0 aromatic heterocycles. The number of amides is 2. The minimum atomic E-state index is -0.527. The third kappa shape index (κ3) is 3.68. The van der Waals surface area contributed by atoms with E-state index in [1.54, 1.807) is 42.0 Å². The van der Waals surface area contributed by atoms with Crippen molar-refractivity contribution in [3.05, 3.63) is 59.7 Å². The van der Waals surface area contributed by atoms with Crippen molar-refractivity contribution < 1.29 is 14.3 Å². The molecule has 1 aliphatic rings. The first-order valence-electron chi connectivity index (χ1n) is 9.29. The van der Waals surface area contributed by atoms with Gasteiger partial charge in [-0.2, -0.15) is 0 Å². The number of carbonyl (C=O) groups excluding carboxylic acids is 2. The average molecular weight is 366 g/mol. The molecule has 1 atom stereocenters. The van der Waals surface area contributed by atoms with Crippen molar-refractivity contribution in [3.8, 4) is 5.75 Å². The van der Waals surface area contributed by atoms with Crippen LogP contribution in [0.5, 0.6) is 5.75 Å². The van der Waals surface area contributed by atoms with Gasteiger partial charge in [-0.15, -0.1) is 0 Å². The van der Waals surface area contributed by atoms with E-state index in [1.165, 1.54) is 5.56 Å². The van der Waals surface area contributed by atoms with Crippen LogP contribution in [0.4, 0.5) is 5.69 Å². The number of nitrogens with zero attached hydrogens (tertiary/aromatic N) is 2. The number of hydrogen-bond donors (Lipinski definition) is 0. The first kappa shape index (κ1) is 19.0. The van der Waals surface area contributed by atoms with E-state index in [0.717, 1.165) is 5.69 Å². The molecule has 142 valence electrons. The Hall–Kier alpha value is -2.82. The maximum Gasteiger partial charge on any atom is 0.258 e. The molecule has 2 amide bonds. The van der Waals surface area contributed by atoms with E-state index >= 15 is 0 Å². The number of carbonyl (C=O) groups is 2. The normalized spacial score (nSPS) is 17.4. The van der Waals surface area contributed by atoms with Crippen LogP contribution in [-0.2, 0) is 4.79 Å². The highest BCUT2D eigenvalue weighted by Crippen LogP contribution is 2.26. The largest absolute Gasteiger partial charge is 0.496 e. The van der Waals surface area contributed by atoms with Crippen LogP contribution in [0, 0.1) is 0 Å². The van der Waals surface area contributed by atoms with E-state index in [4.69, 9.17) is 4.74 Å². The number of piperazine rings is 1. The number of anilines is 1. The van der Waals surface area contributed by atoms with Gasteiger partial charge in [0.25, 0.3) is 5.91 Å². The number of benzene rings is 2. The molecular weight excluding hydrogens is 340 g/mol. The van der Waals surface area contributed by atoms with Crippen LogP contribution in [0.1, 0.15) is 42.6 Å². The molecule has 0 bridgehead atoms. The standard InChI is InChI=1S/C22H26N2O3/c1-15(2)17-9-11-18(12-10-17)24-14-13-23(16(3)21(24)25)22(26)19-7-5-6-8-20(19)27-4/h5-12,15-16H,13-14H2,1-4H3. The second-order valence-electron chi connectivity index (χ2n) is 7.11. The van der Waals surface area contributed by atoms with Gasteiger partial charge in [-0.25, -0.2) is 0 Å². The predicted octanol–water partition coefficient (Wildman–Crippen LogP) is 3.70. The van der Waals surface area contributed by atoms with Crippen LogP contribution in [0.3, 0.4) is 0 Å². The van der Waals surface area contributed by atoms with Crippen molar-refractivity contribution in [2.24, 2.45) is 0 Å². The molecule has 2 aromatic rings. The molecule has 3 rings (SSSR count). The Morgan fingerprint density at radius 3 is 2.37 bits per heavy atom. The van der Waals surface area contributed by atoms with Gasteiger partial charge in [0, 0.05) is 18.8 Å². The quantitative estimate of drug-likeness (QED) is 0.829. The molecule has 0 aliphatic carbocycles. The summed E-state index contributed by atoms with van der Waals surface area (Å²) in [4.78, 5) is 29.3. The van der Waals surface area contributed by atoms with Gasteiger partial charge in [0.1, 0.15) is 11.8 Å². The number of para-hydroxylation sites is 1. The number of methoxy groups -OCH3 is 1. The van der Waals surface area contributed by atoms with Crippen LogP contribution in [0.2, 0.25) is 0 Å². The molecule has 5 nitrogen and oxygen atoms in total. The van der Waals surface area contributed by atoms with Crippen molar-refractivity contribution in [2.45, 2.75) is 32.7 Å². The lowest BCUT2D eigenvalue weighted by Crippen LogP contribution is -2.57. The average Bonchev–Trinajstić information content (AvgIpc) is 2.69. The molecule has 2 aromatic carbocycles. The molecule has 0 saturated carbocycles. The Morgan fingerprint density at radius 1 is 1.07 bits per heavy atom. The Bertz CT molecular complexity index is 830. The molecule has 1 unspecified atom stereocenters. The lowest BCUT2D eigenvalue weighted by atomic mass is 10.0. The van der Waals surface area contributed by atoms with E-state index in [1.807, 2.05) is 18.2 Å². The third-order valence-electron chi connectivity index (χ3n) is 5.13. The lowest BCUT2D eigenvalue weighted by Gasteiger charge is -2.39. The van der Waals surface area contributed by atoms with Gasteiger partial charge in [-0.3, -0.25) is 9.59 Å². The summed E-state index contributed by atoms with van der Waals surface area (Å²) in [7, 11) is 1.54. The van der Waals surface area contributed by atoms with E-state index in [9.17, 15) is 9.59 Å². The monoisotopic (exact) mass is 366 g/mol. The zero-order chi connectivity index (χ0) is 19.6. The van der Waals surface area contributed by atoms with Gasteiger partial charge in [-0.05, 0) is 42.7 Å². The van der Waals surface area contributed by atoms with Gasteiger partial charge in [0.05, 0.1) is 12.7 Å². The SMILES string of the molecule is COc1ccccc1C(=O)N1CCN(c2ccc(C(C)C)cc2)C(=O)C1C. The summed E-state index contributed by atoms with van der Waals surface area (Å²) >= 11 is 0. The maximum atomic E-state index is 13.0. The second kappa shape index (κ2) is 7.82. The van der Waals surface area contributed by atoms with Crippen molar-refractivity contribution >= 4 is 17.5 Å². The highest BCUT2D eigenvalue weighted by molar-refractivity contribution is 6.04. The first-order chi connectivity index (χ1) is 12.9. The van der Waals surface area contributed by atoms with Crippen molar-refractivity contribution in [1.29, 1.82) is 0 Å². The van der Waals surface area contributed by atoms with Crippen molar-refractivity contribution in [3.63, 3.8) is 0 Å². The van der Waals surface area contributed by atoms with E-state index < -0.39 is 6.04 Å². The Balaban J connectivity index is 1.79. The highest BCUT2D eigenvalue weighted by atomic mass is 16.5. The van der Waals surface area contributed by atoms with Crippen LogP contribution < -0.4 is 9.64 Å². The van der Waals surface area contributed by atoms with Crippen molar-refractivity contribution in [2.75, 3.05) is 25.1 Å². The summed E-state index contributed by atoms with van der Waals surface area (Å²) in [6.45, 7) is 7.03. The molecule has 1 heterocycles. The van der Waals surface area contributed by atoms with E-state index in [-0.39, 0.29) is 11.8 Å². The topological polar surface area (TPSA) is 49.9 Å². The van der Waals surface area contributed by atoms with Gasteiger partial charge in [0.2, 0.25) is 5.91 Å². The van der Waals surface area contributed by atoms with Gasteiger partial charge in [-0.1, -0.05) is 38.1 Å². The van der Waals surface area contributed by atoms with Crippen molar-refractivity contribution in [1.82, 2.24) is 4.90 Å². The highest BCUT2D eigenvalue weighted by Gasteiger charge is 2.36. The summed E-state index contributed by atoms with van der Waals surface area (Å²) in [5, 5.41) is 0. The second-order valence-corrected chi connectivity index (χ2v) is 7.11. The third-order valence-corrected chi connectivity index (χ3v) is 5.13. The van der Waals surface area contributed by atoms with Gasteiger partial charge in [0.15, 0.2) is 0 Å².